The molecule has 2 aliphatic rings. The minimum atomic E-state index is 0.0894. The third-order valence-corrected chi connectivity index (χ3v) is 6.48. The van der Waals surface area contributed by atoms with E-state index in [9.17, 15) is 9.59 Å². The lowest BCUT2D eigenvalue weighted by Crippen LogP contribution is -2.50. The zero-order valence-corrected chi connectivity index (χ0v) is 17.8. The molecule has 0 unspecified atom stereocenters. The van der Waals surface area contributed by atoms with Crippen LogP contribution in [0.1, 0.15) is 58.2 Å². The van der Waals surface area contributed by atoms with Crippen LogP contribution in [0.15, 0.2) is 24.3 Å². The van der Waals surface area contributed by atoms with Gasteiger partial charge in [0.1, 0.15) is 5.69 Å². The van der Waals surface area contributed by atoms with E-state index in [1.54, 1.807) is 6.92 Å². The highest BCUT2D eigenvalue weighted by Crippen LogP contribution is 2.31. The van der Waals surface area contributed by atoms with Crippen molar-refractivity contribution in [2.24, 2.45) is 0 Å². The van der Waals surface area contributed by atoms with Crippen molar-refractivity contribution >= 4 is 11.8 Å². The molecule has 1 aliphatic heterocycles. The highest BCUT2D eigenvalue weighted by Gasteiger charge is 2.30. The predicted molar refractivity (Wildman–Crippen MR) is 114 cm³/mol. The van der Waals surface area contributed by atoms with Crippen LogP contribution < -0.4 is 0 Å². The quantitative estimate of drug-likeness (QED) is 0.803. The maximum atomic E-state index is 13.6. The van der Waals surface area contributed by atoms with E-state index < -0.39 is 0 Å². The molecule has 1 aromatic carbocycles. The number of nitrogens with zero attached hydrogens (tertiary/aromatic N) is 3. The molecule has 154 valence electrons. The molecule has 4 rings (SSSR count). The summed E-state index contributed by atoms with van der Waals surface area (Å²) in [5, 5.41) is 0. The standard InChI is InChI=1S/C24H31N3O2/c1-17-7-6-8-20(15-17)16-27-22-10-5-4-9-21(22)18(2)23(27)24(29)26-13-11-25(12-14-26)19(3)28/h6-8,15H,4-5,9-14,16H2,1-3H3. The van der Waals surface area contributed by atoms with Crippen LogP contribution in [0.25, 0.3) is 0 Å². The summed E-state index contributed by atoms with van der Waals surface area (Å²) in [4.78, 5) is 29.0. The van der Waals surface area contributed by atoms with E-state index in [0.29, 0.717) is 26.2 Å². The number of fused-ring (bicyclic) bond motifs is 1. The van der Waals surface area contributed by atoms with Crippen LogP contribution in [-0.2, 0) is 24.2 Å². The third-order valence-electron chi connectivity index (χ3n) is 6.48. The highest BCUT2D eigenvalue weighted by atomic mass is 16.2. The Hall–Kier alpha value is -2.56. The first-order valence-electron chi connectivity index (χ1n) is 10.8. The first kappa shape index (κ1) is 19.7. The van der Waals surface area contributed by atoms with Gasteiger partial charge in [0.25, 0.3) is 5.91 Å². The van der Waals surface area contributed by atoms with E-state index in [0.717, 1.165) is 30.6 Å². The second-order valence-corrected chi connectivity index (χ2v) is 8.48. The second kappa shape index (κ2) is 8.05. The summed E-state index contributed by atoms with van der Waals surface area (Å²) in [5.74, 6) is 0.208. The average Bonchev–Trinajstić information content (AvgIpc) is 2.99. The molecule has 0 saturated carbocycles. The van der Waals surface area contributed by atoms with Gasteiger partial charge in [0.05, 0.1) is 0 Å². The molecule has 1 aliphatic carbocycles. The van der Waals surface area contributed by atoms with Crippen molar-refractivity contribution < 1.29 is 9.59 Å². The summed E-state index contributed by atoms with van der Waals surface area (Å²) < 4.78 is 2.29. The SMILES string of the molecule is CC(=O)N1CCN(C(=O)c2c(C)c3c(n2Cc2cccc(C)c2)CCCC3)CC1. The fourth-order valence-electron chi connectivity index (χ4n) is 4.89. The molecule has 5 nitrogen and oxygen atoms in total. The number of aryl methyl sites for hydroxylation is 1. The largest absolute Gasteiger partial charge is 0.339 e. The van der Waals surface area contributed by atoms with Crippen molar-refractivity contribution in [2.45, 2.75) is 53.0 Å². The third kappa shape index (κ3) is 3.83. The van der Waals surface area contributed by atoms with Crippen LogP contribution in [0.2, 0.25) is 0 Å². The van der Waals surface area contributed by atoms with E-state index in [-0.39, 0.29) is 11.8 Å². The number of hydrogen-bond acceptors (Lipinski definition) is 2. The number of carbonyl (C=O) groups excluding carboxylic acids is 2. The molecule has 0 atom stereocenters. The molecule has 29 heavy (non-hydrogen) atoms. The number of aromatic nitrogens is 1. The summed E-state index contributed by atoms with van der Waals surface area (Å²) in [6.45, 7) is 9.04. The first-order chi connectivity index (χ1) is 14.0. The highest BCUT2D eigenvalue weighted by molar-refractivity contribution is 5.95. The monoisotopic (exact) mass is 393 g/mol. The van der Waals surface area contributed by atoms with Gasteiger partial charge in [-0.3, -0.25) is 9.59 Å². The molecule has 2 aromatic rings. The van der Waals surface area contributed by atoms with Crippen LogP contribution in [0.5, 0.6) is 0 Å². The predicted octanol–water partition coefficient (Wildman–Crippen LogP) is 3.34. The lowest BCUT2D eigenvalue weighted by Gasteiger charge is -2.34. The molecule has 5 heteroatoms. The number of amides is 2. The van der Waals surface area contributed by atoms with Crippen molar-refractivity contribution in [3.05, 3.63) is 57.9 Å². The molecular weight excluding hydrogens is 362 g/mol. The van der Waals surface area contributed by atoms with Crippen molar-refractivity contribution in [1.82, 2.24) is 14.4 Å². The molecule has 2 amide bonds. The Morgan fingerprint density at radius 2 is 1.66 bits per heavy atom. The lowest BCUT2D eigenvalue weighted by atomic mass is 9.95. The Labute approximate surface area is 173 Å². The molecule has 0 N–H and O–H groups in total. The van der Waals surface area contributed by atoms with Crippen molar-refractivity contribution in [1.29, 1.82) is 0 Å². The average molecular weight is 394 g/mol. The lowest BCUT2D eigenvalue weighted by molar-refractivity contribution is -0.130. The Morgan fingerprint density at radius 1 is 0.966 bits per heavy atom. The van der Waals surface area contributed by atoms with Crippen LogP contribution >= 0.6 is 0 Å². The Morgan fingerprint density at radius 3 is 2.34 bits per heavy atom. The van der Waals surface area contributed by atoms with Crippen LogP contribution in [0.3, 0.4) is 0 Å². The molecule has 1 fully saturated rings. The van der Waals surface area contributed by atoms with E-state index in [1.165, 1.54) is 35.2 Å². The van der Waals surface area contributed by atoms with Gasteiger partial charge < -0.3 is 14.4 Å². The minimum absolute atomic E-state index is 0.0894. The van der Waals surface area contributed by atoms with Gasteiger partial charge in [-0.15, -0.1) is 0 Å². The summed E-state index contributed by atoms with van der Waals surface area (Å²) >= 11 is 0. The summed E-state index contributed by atoms with van der Waals surface area (Å²) in [5.41, 5.74) is 7.23. The maximum absolute atomic E-state index is 13.6. The van der Waals surface area contributed by atoms with Crippen molar-refractivity contribution in [3.63, 3.8) is 0 Å². The van der Waals surface area contributed by atoms with Gasteiger partial charge in [-0.2, -0.15) is 0 Å². The van der Waals surface area contributed by atoms with Gasteiger partial charge in [0, 0.05) is 45.3 Å². The first-order valence-corrected chi connectivity index (χ1v) is 10.8. The second-order valence-electron chi connectivity index (χ2n) is 8.48. The number of rotatable bonds is 3. The van der Waals surface area contributed by atoms with Gasteiger partial charge in [0.15, 0.2) is 0 Å². The number of hydrogen-bond donors (Lipinski definition) is 0. The Kier molecular flexibility index (Phi) is 5.48. The zero-order valence-electron chi connectivity index (χ0n) is 17.8. The zero-order chi connectivity index (χ0) is 20.5. The fourth-order valence-corrected chi connectivity index (χ4v) is 4.89. The maximum Gasteiger partial charge on any atom is 0.270 e. The Balaban J connectivity index is 1.68. The summed E-state index contributed by atoms with van der Waals surface area (Å²) in [6.07, 6.45) is 4.51. The van der Waals surface area contributed by atoms with E-state index in [4.69, 9.17) is 0 Å². The van der Waals surface area contributed by atoms with Crippen molar-refractivity contribution in [2.75, 3.05) is 26.2 Å². The van der Waals surface area contributed by atoms with E-state index >= 15 is 0 Å². The van der Waals surface area contributed by atoms with Crippen LogP contribution in [0, 0.1) is 13.8 Å². The molecule has 0 radical (unpaired) electrons. The van der Waals surface area contributed by atoms with Crippen molar-refractivity contribution in [3.8, 4) is 0 Å². The molecule has 1 saturated heterocycles. The summed E-state index contributed by atoms with van der Waals surface area (Å²) in [6, 6.07) is 8.57. The number of carbonyl (C=O) groups is 2. The van der Waals surface area contributed by atoms with Crippen LogP contribution in [-0.4, -0.2) is 52.4 Å². The Bertz CT molecular complexity index is 936. The van der Waals surface area contributed by atoms with E-state index in [1.807, 2.05) is 9.80 Å². The number of benzene rings is 1. The van der Waals surface area contributed by atoms with E-state index in [2.05, 4.69) is 42.7 Å². The van der Waals surface area contributed by atoms with Gasteiger partial charge in [-0.25, -0.2) is 0 Å². The fraction of sp³-hybridized carbons (Fsp3) is 0.500. The topological polar surface area (TPSA) is 45.6 Å². The molecule has 1 aromatic heterocycles. The normalized spacial score (nSPS) is 16.7. The van der Waals surface area contributed by atoms with Gasteiger partial charge in [-0.05, 0) is 56.2 Å². The van der Waals surface area contributed by atoms with Gasteiger partial charge in [0.2, 0.25) is 5.91 Å². The molecule has 2 heterocycles. The molecule has 0 bridgehead atoms. The van der Waals surface area contributed by atoms with Gasteiger partial charge in [-0.1, -0.05) is 29.8 Å². The van der Waals surface area contributed by atoms with Crippen LogP contribution in [0.4, 0.5) is 0 Å². The summed E-state index contributed by atoms with van der Waals surface area (Å²) in [7, 11) is 0. The smallest absolute Gasteiger partial charge is 0.270 e. The molecule has 0 spiro atoms. The van der Waals surface area contributed by atoms with Gasteiger partial charge >= 0.3 is 0 Å². The molecular formula is C24H31N3O2. The minimum Gasteiger partial charge on any atom is -0.339 e. The number of piperazine rings is 1.